The Morgan fingerprint density at radius 3 is 2.32 bits per heavy atom. The lowest BCUT2D eigenvalue weighted by Gasteiger charge is -2.24. The van der Waals surface area contributed by atoms with Crippen molar-refractivity contribution in [2.75, 3.05) is 5.73 Å². The van der Waals surface area contributed by atoms with Crippen LogP contribution in [0.15, 0.2) is 24.3 Å². The molecule has 0 aromatic heterocycles. The maximum Gasteiger partial charge on any atom is 0.316 e. The molecule has 2 fully saturated rings. The summed E-state index contributed by atoms with van der Waals surface area (Å²) in [6.45, 7) is 0. The van der Waals surface area contributed by atoms with E-state index >= 15 is 0 Å². The molecule has 19 heavy (non-hydrogen) atoms. The zero-order chi connectivity index (χ0) is 13.3. The Morgan fingerprint density at radius 2 is 1.74 bits per heavy atom. The van der Waals surface area contributed by atoms with Gasteiger partial charge in [-0.2, -0.15) is 0 Å². The molecule has 2 N–H and O–H groups in total. The maximum atomic E-state index is 12.4. The number of nitrogen functional groups attached to an aromatic ring is 1. The number of hydrogen-bond acceptors (Lipinski definition) is 3. The first-order valence-corrected chi connectivity index (χ1v) is 7.28. The normalized spacial score (nSPS) is 21.9. The lowest BCUT2D eigenvalue weighted by molar-refractivity contribution is -0.153. The molecule has 0 aliphatic heterocycles. The molecule has 102 valence electrons. The Hall–Kier alpha value is -1.51. The first-order chi connectivity index (χ1) is 9.21. The van der Waals surface area contributed by atoms with Crippen molar-refractivity contribution < 1.29 is 9.53 Å². The molecular formula is C16H21NO2. The van der Waals surface area contributed by atoms with E-state index in [0.29, 0.717) is 0 Å². The summed E-state index contributed by atoms with van der Waals surface area (Å²) in [6.07, 6.45) is 7.67. The molecule has 0 bridgehead atoms. The van der Waals surface area contributed by atoms with E-state index in [4.69, 9.17) is 10.5 Å². The molecular weight excluding hydrogens is 238 g/mol. The van der Waals surface area contributed by atoms with Crippen LogP contribution in [-0.4, -0.2) is 12.1 Å². The van der Waals surface area contributed by atoms with Gasteiger partial charge in [-0.15, -0.1) is 0 Å². The summed E-state index contributed by atoms with van der Waals surface area (Å²) < 4.78 is 5.73. The standard InChI is InChI=1S/C16H21NO2/c17-13-8-6-12(7-9-13)16(10-11-16)15(18)19-14-4-2-1-3-5-14/h6-9,14H,1-5,10-11,17H2. The topological polar surface area (TPSA) is 52.3 Å². The van der Waals surface area contributed by atoms with Crippen LogP contribution in [0.25, 0.3) is 0 Å². The first-order valence-electron chi connectivity index (χ1n) is 7.28. The van der Waals surface area contributed by atoms with Crippen LogP contribution >= 0.6 is 0 Å². The Labute approximate surface area is 114 Å². The third-order valence-electron chi connectivity index (χ3n) is 4.43. The van der Waals surface area contributed by atoms with Crippen LogP contribution in [0.5, 0.6) is 0 Å². The van der Waals surface area contributed by atoms with Crippen LogP contribution in [0, 0.1) is 0 Å². The van der Waals surface area contributed by atoms with Crippen molar-refractivity contribution >= 4 is 11.7 Å². The minimum atomic E-state index is -0.370. The minimum Gasteiger partial charge on any atom is -0.462 e. The molecule has 2 aliphatic rings. The molecule has 0 unspecified atom stereocenters. The lowest BCUT2D eigenvalue weighted by Crippen LogP contribution is -2.29. The summed E-state index contributed by atoms with van der Waals surface area (Å²) in [5.41, 5.74) is 7.12. The number of ether oxygens (including phenoxy) is 1. The number of benzene rings is 1. The number of nitrogens with two attached hydrogens (primary N) is 1. The highest BCUT2D eigenvalue weighted by Crippen LogP contribution is 2.49. The van der Waals surface area contributed by atoms with E-state index in [1.54, 1.807) is 0 Å². The molecule has 0 saturated heterocycles. The quantitative estimate of drug-likeness (QED) is 0.670. The second kappa shape index (κ2) is 4.87. The Bertz CT molecular complexity index is 456. The number of carbonyl (C=O) groups excluding carboxylic acids is 1. The van der Waals surface area contributed by atoms with Crippen molar-refractivity contribution in [2.45, 2.75) is 56.5 Å². The van der Waals surface area contributed by atoms with Crippen molar-refractivity contribution in [3.05, 3.63) is 29.8 Å². The van der Waals surface area contributed by atoms with Crippen LogP contribution in [0.1, 0.15) is 50.5 Å². The molecule has 0 amide bonds. The minimum absolute atomic E-state index is 0.0239. The average molecular weight is 259 g/mol. The maximum absolute atomic E-state index is 12.4. The van der Waals surface area contributed by atoms with Gasteiger partial charge in [0.15, 0.2) is 0 Å². The molecule has 0 spiro atoms. The van der Waals surface area contributed by atoms with Gasteiger partial charge in [0.2, 0.25) is 0 Å². The van der Waals surface area contributed by atoms with Gasteiger partial charge >= 0.3 is 5.97 Å². The molecule has 2 aliphatic carbocycles. The van der Waals surface area contributed by atoms with Gasteiger partial charge in [-0.25, -0.2) is 0 Å². The van der Waals surface area contributed by atoms with E-state index < -0.39 is 0 Å². The van der Waals surface area contributed by atoms with Gasteiger partial charge in [-0.1, -0.05) is 18.6 Å². The van der Waals surface area contributed by atoms with Crippen molar-refractivity contribution in [2.24, 2.45) is 0 Å². The lowest BCUT2D eigenvalue weighted by atomic mass is 9.94. The van der Waals surface area contributed by atoms with E-state index in [9.17, 15) is 4.79 Å². The van der Waals surface area contributed by atoms with Gasteiger partial charge in [0, 0.05) is 5.69 Å². The number of rotatable bonds is 3. The molecule has 3 heteroatoms. The van der Waals surface area contributed by atoms with Crippen molar-refractivity contribution in [1.82, 2.24) is 0 Å². The van der Waals surface area contributed by atoms with Gasteiger partial charge in [-0.05, 0) is 56.2 Å². The monoisotopic (exact) mass is 259 g/mol. The third kappa shape index (κ3) is 2.46. The van der Waals surface area contributed by atoms with Gasteiger partial charge in [-0.3, -0.25) is 4.79 Å². The summed E-state index contributed by atoms with van der Waals surface area (Å²) in [4.78, 5) is 12.4. The van der Waals surface area contributed by atoms with Crippen LogP contribution < -0.4 is 5.73 Å². The fraction of sp³-hybridized carbons (Fsp3) is 0.562. The molecule has 1 aromatic carbocycles. The van der Waals surface area contributed by atoms with E-state index in [1.807, 2.05) is 24.3 Å². The Balaban J connectivity index is 1.70. The van der Waals surface area contributed by atoms with Gasteiger partial charge in [0.1, 0.15) is 6.10 Å². The zero-order valence-corrected chi connectivity index (χ0v) is 11.2. The summed E-state index contributed by atoms with van der Waals surface area (Å²) in [7, 11) is 0. The fourth-order valence-corrected chi connectivity index (χ4v) is 2.98. The Morgan fingerprint density at radius 1 is 1.11 bits per heavy atom. The number of anilines is 1. The zero-order valence-electron chi connectivity index (χ0n) is 11.2. The molecule has 0 radical (unpaired) electrons. The molecule has 3 rings (SSSR count). The molecule has 3 nitrogen and oxygen atoms in total. The van der Waals surface area contributed by atoms with Crippen LogP contribution in [0.2, 0.25) is 0 Å². The second-order valence-electron chi connectivity index (χ2n) is 5.87. The molecule has 0 atom stereocenters. The summed E-state index contributed by atoms with van der Waals surface area (Å²) >= 11 is 0. The summed E-state index contributed by atoms with van der Waals surface area (Å²) in [6, 6.07) is 7.65. The third-order valence-corrected chi connectivity index (χ3v) is 4.43. The van der Waals surface area contributed by atoms with Crippen LogP contribution in [0.4, 0.5) is 5.69 Å². The van der Waals surface area contributed by atoms with Crippen LogP contribution in [0.3, 0.4) is 0 Å². The smallest absolute Gasteiger partial charge is 0.316 e. The molecule has 2 saturated carbocycles. The number of hydrogen-bond donors (Lipinski definition) is 1. The number of carbonyl (C=O) groups is 1. The average Bonchev–Trinajstić information content (AvgIpc) is 3.22. The SMILES string of the molecule is Nc1ccc(C2(C(=O)OC3CCCCC3)CC2)cc1. The first kappa shape index (κ1) is 12.5. The molecule has 0 heterocycles. The second-order valence-corrected chi connectivity index (χ2v) is 5.87. The van der Waals surface area contributed by atoms with Crippen molar-refractivity contribution in [1.29, 1.82) is 0 Å². The largest absolute Gasteiger partial charge is 0.462 e. The van der Waals surface area contributed by atoms with E-state index in [1.165, 1.54) is 19.3 Å². The highest BCUT2D eigenvalue weighted by Gasteiger charge is 2.53. The van der Waals surface area contributed by atoms with E-state index in [0.717, 1.165) is 36.9 Å². The van der Waals surface area contributed by atoms with Crippen molar-refractivity contribution in [3.8, 4) is 0 Å². The summed E-state index contributed by atoms with van der Waals surface area (Å²) in [5, 5.41) is 0. The van der Waals surface area contributed by atoms with Crippen LogP contribution in [-0.2, 0) is 14.9 Å². The van der Waals surface area contributed by atoms with Crippen molar-refractivity contribution in [3.63, 3.8) is 0 Å². The van der Waals surface area contributed by atoms with Gasteiger partial charge in [0.05, 0.1) is 5.41 Å². The van der Waals surface area contributed by atoms with Gasteiger partial charge < -0.3 is 10.5 Å². The predicted molar refractivity (Wildman–Crippen MR) is 74.7 cm³/mol. The highest BCUT2D eigenvalue weighted by molar-refractivity contribution is 5.86. The van der Waals surface area contributed by atoms with E-state index in [-0.39, 0.29) is 17.5 Å². The van der Waals surface area contributed by atoms with Gasteiger partial charge in [0.25, 0.3) is 0 Å². The summed E-state index contributed by atoms with van der Waals surface area (Å²) in [5.74, 6) is -0.0239. The Kier molecular flexibility index (Phi) is 3.21. The number of esters is 1. The van der Waals surface area contributed by atoms with E-state index in [2.05, 4.69) is 0 Å². The highest BCUT2D eigenvalue weighted by atomic mass is 16.5. The fourth-order valence-electron chi connectivity index (χ4n) is 2.98. The molecule has 1 aromatic rings. The predicted octanol–water partition coefficient (Wildman–Crippen LogP) is 3.18.